The van der Waals surface area contributed by atoms with Gasteiger partial charge >= 0.3 is 0 Å². The second-order valence-corrected chi connectivity index (χ2v) is 8.96. The van der Waals surface area contributed by atoms with Crippen molar-refractivity contribution in [3.05, 3.63) is 34.9 Å². The molecule has 1 aliphatic heterocycles. The molecule has 0 spiro atoms. The maximum absolute atomic E-state index is 13.1. The van der Waals surface area contributed by atoms with Crippen LogP contribution in [0.25, 0.3) is 0 Å². The van der Waals surface area contributed by atoms with Gasteiger partial charge in [-0.3, -0.25) is 14.4 Å². The molecule has 3 amide bonds. The Morgan fingerprint density at radius 1 is 1.14 bits per heavy atom. The summed E-state index contributed by atoms with van der Waals surface area (Å²) < 4.78 is 0. The van der Waals surface area contributed by atoms with Crippen LogP contribution in [0.1, 0.15) is 36.0 Å². The van der Waals surface area contributed by atoms with E-state index in [4.69, 9.17) is 11.6 Å². The molecule has 1 N–H and O–H groups in total. The van der Waals surface area contributed by atoms with Crippen LogP contribution in [-0.4, -0.2) is 71.8 Å². The standard InChI is InChI=1S/C21H28ClN3O3S/c1-29-14-9-18(23-19(26)16-7-2-3-8-17(16)22)21(28)25-12-10-24(11-13-25)20(27)15-5-4-6-15/h2-3,7-8,15,18H,4-6,9-14H2,1H3,(H,23,26). The van der Waals surface area contributed by atoms with E-state index in [0.717, 1.165) is 25.0 Å². The van der Waals surface area contributed by atoms with Crippen molar-refractivity contribution >= 4 is 41.1 Å². The second-order valence-electron chi connectivity index (χ2n) is 7.57. The Kier molecular flexibility index (Phi) is 7.84. The summed E-state index contributed by atoms with van der Waals surface area (Å²) in [7, 11) is 0. The van der Waals surface area contributed by atoms with Crippen molar-refractivity contribution < 1.29 is 14.4 Å². The molecule has 0 radical (unpaired) electrons. The van der Waals surface area contributed by atoms with Crippen molar-refractivity contribution in [2.45, 2.75) is 31.7 Å². The number of rotatable bonds is 7. The van der Waals surface area contributed by atoms with Crippen LogP contribution in [0.15, 0.2) is 24.3 Å². The molecule has 1 heterocycles. The summed E-state index contributed by atoms with van der Waals surface area (Å²) in [5.74, 6) is 0.749. The highest BCUT2D eigenvalue weighted by Gasteiger charge is 2.34. The Balaban J connectivity index is 1.59. The lowest BCUT2D eigenvalue weighted by Crippen LogP contribution is -2.56. The molecule has 1 aromatic rings. The monoisotopic (exact) mass is 437 g/mol. The quantitative estimate of drug-likeness (QED) is 0.712. The van der Waals surface area contributed by atoms with Crippen LogP contribution in [0.5, 0.6) is 0 Å². The van der Waals surface area contributed by atoms with Crippen molar-refractivity contribution in [2.24, 2.45) is 5.92 Å². The minimum absolute atomic E-state index is 0.0878. The van der Waals surface area contributed by atoms with E-state index in [1.54, 1.807) is 40.9 Å². The number of benzene rings is 1. The van der Waals surface area contributed by atoms with Gasteiger partial charge in [0.15, 0.2) is 0 Å². The zero-order valence-corrected chi connectivity index (χ0v) is 18.3. The highest BCUT2D eigenvalue weighted by atomic mass is 35.5. The fourth-order valence-corrected chi connectivity index (χ4v) is 4.35. The van der Waals surface area contributed by atoms with Crippen LogP contribution < -0.4 is 5.32 Å². The molecule has 1 atom stereocenters. The summed E-state index contributed by atoms with van der Waals surface area (Å²) in [6.45, 7) is 2.15. The number of nitrogens with zero attached hydrogens (tertiary/aromatic N) is 2. The first-order valence-electron chi connectivity index (χ1n) is 10.1. The SMILES string of the molecule is CSCCC(NC(=O)c1ccccc1Cl)C(=O)N1CCN(C(=O)C2CCC2)CC1. The topological polar surface area (TPSA) is 69.7 Å². The fraction of sp³-hybridized carbons (Fsp3) is 0.571. The normalized spacial score (nSPS) is 18.1. The maximum atomic E-state index is 13.1. The van der Waals surface area contributed by atoms with Gasteiger partial charge in [-0.05, 0) is 43.4 Å². The minimum Gasteiger partial charge on any atom is -0.340 e. The third-order valence-corrected chi connectivity index (χ3v) is 6.66. The highest BCUT2D eigenvalue weighted by molar-refractivity contribution is 7.98. The molecule has 6 nitrogen and oxygen atoms in total. The molecule has 0 aromatic heterocycles. The van der Waals surface area contributed by atoms with Crippen LogP contribution in [0.3, 0.4) is 0 Å². The van der Waals surface area contributed by atoms with E-state index in [0.29, 0.717) is 43.2 Å². The van der Waals surface area contributed by atoms with Crippen molar-refractivity contribution in [2.75, 3.05) is 38.2 Å². The number of piperazine rings is 1. The first-order chi connectivity index (χ1) is 14.0. The van der Waals surface area contributed by atoms with Crippen molar-refractivity contribution in [3.63, 3.8) is 0 Å². The largest absolute Gasteiger partial charge is 0.340 e. The summed E-state index contributed by atoms with van der Waals surface area (Å²) in [6.07, 6.45) is 5.64. The van der Waals surface area contributed by atoms with Gasteiger partial charge in [-0.1, -0.05) is 30.2 Å². The van der Waals surface area contributed by atoms with E-state index in [9.17, 15) is 14.4 Å². The van der Waals surface area contributed by atoms with Gasteiger partial charge in [0.2, 0.25) is 11.8 Å². The number of hydrogen-bond acceptors (Lipinski definition) is 4. The summed E-state index contributed by atoms with van der Waals surface area (Å²) in [5, 5.41) is 3.23. The summed E-state index contributed by atoms with van der Waals surface area (Å²) in [4.78, 5) is 41.8. The summed E-state index contributed by atoms with van der Waals surface area (Å²) in [5.41, 5.74) is 0.368. The predicted molar refractivity (Wildman–Crippen MR) is 116 cm³/mol. The van der Waals surface area contributed by atoms with Gasteiger partial charge in [-0.15, -0.1) is 0 Å². The van der Waals surface area contributed by atoms with Crippen molar-refractivity contribution in [1.82, 2.24) is 15.1 Å². The van der Waals surface area contributed by atoms with Gasteiger partial charge in [0, 0.05) is 32.1 Å². The maximum Gasteiger partial charge on any atom is 0.253 e. The Labute approximate surface area is 181 Å². The number of halogens is 1. The van der Waals surface area contributed by atoms with Crippen LogP contribution in [0.4, 0.5) is 0 Å². The second kappa shape index (κ2) is 10.3. The first-order valence-corrected chi connectivity index (χ1v) is 11.9. The Bertz CT molecular complexity index is 748. The van der Waals surface area contributed by atoms with E-state index in [1.165, 1.54) is 0 Å². The molecule has 1 aromatic carbocycles. The fourth-order valence-electron chi connectivity index (χ4n) is 3.66. The zero-order valence-electron chi connectivity index (χ0n) is 16.7. The molecule has 2 fully saturated rings. The summed E-state index contributed by atoms with van der Waals surface area (Å²) >= 11 is 7.76. The molecule has 2 aliphatic rings. The molecular weight excluding hydrogens is 410 g/mol. The molecule has 1 aliphatic carbocycles. The minimum atomic E-state index is -0.597. The molecule has 1 saturated heterocycles. The molecule has 158 valence electrons. The Morgan fingerprint density at radius 2 is 1.79 bits per heavy atom. The third kappa shape index (κ3) is 5.45. The average molecular weight is 438 g/mol. The number of hydrogen-bond donors (Lipinski definition) is 1. The van der Waals surface area contributed by atoms with Crippen molar-refractivity contribution in [1.29, 1.82) is 0 Å². The Hall–Kier alpha value is -1.73. The van der Waals surface area contributed by atoms with E-state index in [1.807, 2.05) is 11.2 Å². The van der Waals surface area contributed by atoms with Crippen LogP contribution >= 0.6 is 23.4 Å². The van der Waals surface area contributed by atoms with E-state index < -0.39 is 6.04 Å². The zero-order chi connectivity index (χ0) is 20.8. The number of nitrogens with one attached hydrogen (secondary N) is 1. The van der Waals surface area contributed by atoms with E-state index in [-0.39, 0.29) is 23.6 Å². The van der Waals surface area contributed by atoms with Gasteiger partial charge in [0.05, 0.1) is 10.6 Å². The lowest BCUT2D eigenvalue weighted by molar-refractivity contribution is -0.144. The number of amides is 3. The van der Waals surface area contributed by atoms with Crippen LogP contribution in [0.2, 0.25) is 5.02 Å². The van der Waals surface area contributed by atoms with Gasteiger partial charge in [0.1, 0.15) is 6.04 Å². The van der Waals surface area contributed by atoms with Gasteiger partial charge in [-0.2, -0.15) is 11.8 Å². The molecule has 8 heteroatoms. The molecule has 3 rings (SSSR count). The number of thioether (sulfide) groups is 1. The molecule has 1 unspecified atom stereocenters. The van der Waals surface area contributed by atoms with Gasteiger partial charge in [0.25, 0.3) is 5.91 Å². The smallest absolute Gasteiger partial charge is 0.253 e. The van der Waals surface area contributed by atoms with Gasteiger partial charge in [-0.25, -0.2) is 0 Å². The molecule has 29 heavy (non-hydrogen) atoms. The molecule has 0 bridgehead atoms. The Morgan fingerprint density at radius 3 is 2.38 bits per heavy atom. The summed E-state index contributed by atoms with van der Waals surface area (Å²) in [6, 6.07) is 6.23. The third-order valence-electron chi connectivity index (χ3n) is 5.69. The number of carbonyl (C=O) groups is 3. The molecule has 1 saturated carbocycles. The highest BCUT2D eigenvalue weighted by Crippen LogP contribution is 2.28. The number of carbonyl (C=O) groups excluding carboxylic acids is 3. The van der Waals surface area contributed by atoms with Crippen LogP contribution in [-0.2, 0) is 9.59 Å². The van der Waals surface area contributed by atoms with Crippen molar-refractivity contribution in [3.8, 4) is 0 Å². The van der Waals surface area contributed by atoms with Crippen LogP contribution in [0, 0.1) is 5.92 Å². The van der Waals surface area contributed by atoms with Gasteiger partial charge < -0.3 is 15.1 Å². The average Bonchev–Trinajstić information content (AvgIpc) is 2.69. The van der Waals surface area contributed by atoms with E-state index >= 15 is 0 Å². The lowest BCUT2D eigenvalue weighted by atomic mass is 9.84. The lowest BCUT2D eigenvalue weighted by Gasteiger charge is -2.39. The van der Waals surface area contributed by atoms with E-state index in [2.05, 4.69) is 5.32 Å². The first kappa shape index (κ1) is 22.0. The molecular formula is C21H28ClN3O3S. The predicted octanol–water partition coefficient (Wildman–Crippen LogP) is 2.66.